The van der Waals surface area contributed by atoms with Gasteiger partial charge in [0.1, 0.15) is 5.76 Å². The zero-order chi connectivity index (χ0) is 18.6. The van der Waals surface area contributed by atoms with Crippen molar-refractivity contribution in [3.05, 3.63) is 34.2 Å². The fourth-order valence-corrected chi connectivity index (χ4v) is 2.88. The van der Waals surface area contributed by atoms with Crippen molar-refractivity contribution in [2.24, 2.45) is 0 Å². The summed E-state index contributed by atoms with van der Waals surface area (Å²) in [6, 6.07) is 4.90. The van der Waals surface area contributed by atoms with Gasteiger partial charge < -0.3 is 23.4 Å². The lowest BCUT2D eigenvalue weighted by molar-refractivity contribution is 0.0591. The molecule has 1 aromatic carbocycles. The highest BCUT2D eigenvalue weighted by atomic mass is 32.2. The summed E-state index contributed by atoms with van der Waals surface area (Å²) < 4.78 is 25.8. The van der Waals surface area contributed by atoms with Gasteiger partial charge in [-0.1, -0.05) is 0 Å². The Labute approximate surface area is 148 Å². The normalized spacial score (nSPS) is 10.3. The molecule has 0 aliphatic rings. The number of carbonyl (C=O) groups is 1. The molecule has 0 saturated carbocycles. The molecule has 0 fully saturated rings. The van der Waals surface area contributed by atoms with Crippen molar-refractivity contribution in [1.29, 1.82) is 0 Å². The van der Waals surface area contributed by atoms with E-state index in [1.807, 2.05) is 0 Å². The first-order valence-corrected chi connectivity index (χ1v) is 8.34. The quantitative estimate of drug-likeness (QED) is 0.570. The van der Waals surface area contributed by atoms with Gasteiger partial charge in [0, 0.05) is 10.5 Å². The number of hydrogen-bond acceptors (Lipinski definition) is 8. The molecule has 0 bridgehead atoms. The molecule has 0 aliphatic carbocycles. The van der Waals surface area contributed by atoms with Crippen LogP contribution in [0.3, 0.4) is 0 Å². The Bertz CT molecular complexity index is 816. The Morgan fingerprint density at radius 3 is 2.04 bits per heavy atom. The highest BCUT2D eigenvalue weighted by Gasteiger charge is 2.21. The van der Waals surface area contributed by atoms with Crippen molar-refractivity contribution in [1.82, 2.24) is 0 Å². The largest absolute Gasteiger partial charge is 0.493 e. The summed E-state index contributed by atoms with van der Waals surface area (Å²) in [4.78, 5) is 24.5. The predicted molar refractivity (Wildman–Crippen MR) is 93.2 cm³/mol. The third kappa shape index (κ3) is 3.58. The van der Waals surface area contributed by atoms with E-state index in [4.69, 9.17) is 18.6 Å². The highest BCUT2D eigenvalue weighted by molar-refractivity contribution is 7.98. The van der Waals surface area contributed by atoms with Crippen LogP contribution in [0.15, 0.2) is 32.3 Å². The van der Waals surface area contributed by atoms with Gasteiger partial charge >= 0.3 is 11.6 Å². The van der Waals surface area contributed by atoms with E-state index in [1.54, 1.807) is 24.5 Å². The molecular formula is C17H18O7S. The first-order valence-electron chi connectivity index (χ1n) is 7.11. The van der Waals surface area contributed by atoms with E-state index >= 15 is 0 Å². The average Bonchev–Trinajstić information content (AvgIpc) is 2.65. The Morgan fingerprint density at radius 2 is 1.60 bits per heavy atom. The molecule has 1 aromatic heterocycles. The molecule has 1 heterocycles. The number of esters is 1. The van der Waals surface area contributed by atoms with Gasteiger partial charge in [0.05, 0.1) is 28.4 Å². The number of carbonyl (C=O) groups excluding carboxylic acids is 1. The van der Waals surface area contributed by atoms with E-state index in [1.165, 1.54) is 40.2 Å². The molecule has 8 heteroatoms. The van der Waals surface area contributed by atoms with E-state index in [0.29, 0.717) is 27.7 Å². The van der Waals surface area contributed by atoms with Crippen LogP contribution in [0.4, 0.5) is 0 Å². The zero-order valence-corrected chi connectivity index (χ0v) is 15.3. The predicted octanol–water partition coefficient (Wildman–Crippen LogP) is 2.84. The van der Waals surface area contributed by atoms with Gasteiger partial charge in [-0.3, -0.25) is 0 Å². The van der Waals surface area contributed by atoms with Crippen molar-refractivity contribution >= 4 is 17.7 Å². The monoisotopic (exact) mass is 366 g/mol. The Kier molecular flexibility index (Phi) is 5.97. The fourth-order valence-electron chi connectivity index (χ4n) is 2.28. The Morgan fingerprint density at radius 1 is 1.00 bits per heavy atom. The molecule has 0 amide bonds. The van der Waals surface area contributed by atoms with Crippen molar-refractivity contribution in [2.75, 3.05) is 34.7 Å². The van der Waals surface area contributed by atoms with Crippen LogP contribution in [-0.2, 0) is 4.74 Å². The van der Waals surface area contributed by atoms with Gasteiger partial charge in [0.2, 0.25) is 5.75 Å². The molecule has 7 nitrogen and oxygen atoms in total. The summed E-state index contributed by atoms with van der Waals surface area (Å²) >= 11 is 1.24. The molecule has 0 atom stereocenters. The van der Waals surface area contributed by atoms with Gasteiger partial charge in [0.25, 0.3) is 0 Å². The number of rotatable bonds is 6. The summed E-state index contributed by atoms with van der Waals surface area (Å²) in [5.74, 6) is 0.785. The van der Waals surface area contributed by atoms with Crippen molar-refractivity contribution in [3.63, 3.8) is 0 Å². The summed E-state index contributed by atoms with van der Waals surface area (Å²) in [5, 5.41) is 0. The molecule has 0 unspecified atom stereocenters. The molecule has 0 aliphatic heterocycles. The van der Waals surface area contributed by atoms with Gasteiger partial charge in [-0.05, 0) is 24.5 Å². The lowest BCUT2D eigenvalue weighted by Gasteiger charge is -2.14. The van der Waals surface area contributed by atoms with Crippen LogP contribution >= 0.6 is 11.8 Å². The maximum atomic E-state index is 12.3. The van der Waals surface area contributed by atoms with Crippen LogP contribution in [-0.4, -0.2) is 40.7 Å². The second-order valence-corrected chi connectivity index (χ2v) is 5.60. The van der Waals surface area contributed by atoms with Gasteiger partial charge in [-0.15, -0.1) is 11.8 Å². The van der Waals surface area contributed by atoms with E-state index < -0.39 is 11.6 Å². The van der Waals surface area contributed by atoms with Crippen molar-refractivity contribution in [3.8, 4) is 28.6 Å². The summed E-state index contributed by atoms with van der Waals surface area (Å²) in [6.45, 7) is 0. The number of hydrogen-bond donors (Lipinski definition) is 0. The van der Waals surface area contributed by atoms with Crippen molar-refractivity contribution in [2.45, 2.75) is 4.90 Å². The van der Waals surface area contributed by atoms with Crippen molar-refractivity contribution < 1.29 is 28.2 Å². The third-order valence-corrected chi connectivity index (χ3v) is 4.24. The SMILES string of the molecule is COC(=O)c1c(SC)cc(-c2cc(OC)c(OC)c(OC)c2)oc1=O. The van der Waals surface area contributed by atoms with Crippen LogP contribution in [0, 0.1) is 0 Å². The van der Waals surface area contributed by atoms with E-state index in [9.17, 15) is 9.59 Å². The molecule has 25 heavy (non-hydrogen) atoms. The topological polar surface area (TPSA) is 84.2 Å². The van der Waals surface area contributed by atoms with Crippen LogP contribution < -0.4 is 19.8 Å². The minimum absolute atomic E-state index is 0.133. The smallest absolute Gasteiger partial charge is 0.352 e. The van der Waals surface area contributed by atoms with Crippen LogP contribution in [0.2, 0.25) is 0 Å². The van der Waals surface area contributed by atoms with E-state index in [2.05, 4.69) is 4.74 Å². The second-order valence-electron chi connectivity index (χ2n) is 4.75. The van der Waals surface area contributed by atoms with Gasteiger partial charge in [-0.2, -0.15) is 0 Å². The molecule has 0 saturated heterocycles. The second kappa shape index (κ2) is 7.98. The first-order chi connectivity index (χ1) is 12.0. The number of benzene rings is 1. The molecular weight excluding hydrogens is 348 g/mol. The number of methoxy groups -OCH3 is 4. The molecule has 134 valence electrons. The maximum absolute atomic E-state index is 12.3. The Hall–Kier alpha value is -2.61. The fraction of sp³-hybridized carbons (Fsp3) is 0.294. The zero-order valence-electron chi connectivity index (χ0n) is 14.5. The molecule has 2 aromatic rings. The minimum Gasteiger partial charge on any atom is -0.493 e. The molecule has 0 spiro atoms. The summed E-state index contributed by atoms with van der Waals surface area (Å²) in [7, 11) is 5.69. The number of thioether (sulfide) groups is 1. The molecule has 2 rings (SSSR count). The van der Waals surface area contributed by atoms with Gasteiger partial charge in [0.15, 0.2) is 17.1 Å². The summed E-state index contributed by atoms with van der Waals surface area (Å²) in [5.41, 5.74) is -0.369. The lowest BCUT2D eigenvalue weighted by Crippen LogP contribution is -2.17. The molecule has 0 radical (unpaired) electrons. The highest BCUT2D eigenvalue weighted by Crippen LogP contribution is 2.41. The van der Waals surface area contributed by atoms with Crippen LogP contribution in [0.5, 0.6) is 17.2 Å². The third-order valence-electron chi connectivity index (χ3n) is 3.47. The van der Waals surface area contributed by atoms with Crippen LogP contribution in [0.1, 0.15) is 10.4 Å². The number of ether oxygens (including phenoxy) is 4. The maximum Gasteiger partial charge on any atom is 0.352 e. The van der Waals surface area contributed by atoms with E-state index in [-0.39, 0.29) is 11.3 Å². The van der Waals surface area contributed by atoms with E-state index in [0.717, 1.165) is 0 Å². The van der Waals surface area contributed by atoms with Crippen LogP contribution in [0.25, 0.3) is 11.3 Å². The molecule has 0 N–H and O–H groups in total. The Balaban J connectivity index is 2.69. The minimum atomic E-state index is -0.776. The standard InChI is InChI=1S/C17H18O7S/c1-20-11-6-9(7-12(21-2)15(11)22-3)10-8-13(25-5)14(16(18)23-4)17(19)24-10/h6-8H,1-5H3. The first kappa shape index (κ1) is 18.7. The lowest BCUT2D eigenvalue weighted by atomic mass is 10.1. The van der Waals surface area contributed by atoms with Gasteiger partial charge in [-0.25, -0.2) is 9.59 Å². The average molecular weight is 366 g/mol. The summed E-state index contributed by atoms with van der Waals surface area (Å²) in [6.07, 6.45) is 1.75.